The summed E-state index contributed by atoms with van der Waals surface area (Å²) in [6.07, 6.45) is 2.19. The van der Waals surface area contributed by atoms with Crippen LogP contribution in [-0.2, 0) is 19.1 Å². The number of rotatable bonds is 12. The molecule has 204 valence electrons. The second-order valence-electron chi connectivity index (χ2n) is 10.3. The van der Waals surface area contributed by atoms with Gasteiger partial charge in [-0.2, -0.15) is 0 Å². The highest BCUT2D eigenvalue weighted by Crippen LogP contribution is 2.40. The Morgan fingerprint density at radius 2 is 1.62 bits per heavy atom. The van der Waals surface area contributed by atoms with Crippen LogP contribution >= 0.6 is 0 Å². The second kappa shape index (κ2) is 13.4. The molecule has 0 radical (unpaired) electrons. The first-order chi connectivity index (χ1) is 17.4. The molecule has 9 heteroatoms. The van der Waals surface area contributed by atoms with E-state index in [2.05, 4.69) is 5.32 Å². The van der Waals surface area contributed by atoms with Crippen molar-refractivity contribution >= 4 is 17.6 Å². The number of aliphatic hydroxyl groups excluding tert-OH is 1. The third-order valence-corrected chi connectivity index (χ3v) is 6.81. The summed E-state index contributed by atoms with van der Waals surface area (Å²) in [5.41, 5.74) is 1.70. The normalized spacial score (nSPS) is 17.5. The highest BCUT2D eigenvalue weighted by molar-refractivity contribution is 6.00. The number of benzene rings is 1. The Hall–Kier alpha value is -3.20. The number of methoxy groups -OCH3 is 1. The maximum absolute atomic E-state index is 13.7. The van der Waals surface area contributed by atoms with Crippen LogP contribution in [-0.4, -0.2) is 41.3 Å². The molecule has 2 rings (SSSR count). The van der Waals surface area contributed by atoms with E-state index in [0.717, 1.165) is 12.8 Å². The van der Waals surface area contributed by atoms with Gasteiger partial charge in [0.05, 0.1) is 35.2 Å². The molecule has 1 aromatic rings. The molecule has 0 spiro atoms. The lowest BCUT2D eigenvalue weighted by atomic mass is 9.80. The van der Waals surface area contributed by atoms with E-state index < -0.39 is 22.8 Å². The van der Waals surface area contributed by atoms with E-state index in [1.165, 1.54) is 25.3 Å². The van der Waals surface area contributed by atoms with E-state index in [4.69, 9.17) is 9.47 Å². The van der Waals surface area contributed by atoms with Crippen molar-refractivity contribution in [3.05, 3.63) is 62.5 Å². The Bertz CT molecular complexity index is 1060. The number of nitro groups is 1. The molecule has 0 aromatic heterocycles. The Morgan fingerprint density at radius 1 is 1.03 bits per heavy atom. The number of nitrogens with one attached hydrogen (secondary N) is 1. The van der Waals surface area contributed by atoms with E-state index >= 15 is 0 Å². The summed E-state index contributed by atoms with van der Waals surface area (Å²) in [7, 11) is 1.25. The Labute approximate surface area is 219 Å². The first-order valence-electron chi connectivity index (χ1n) is 12.8. The zero-order valence-electron chi connectivity index (χ0n) is 22.9. The van der Waals surface area contributed by atoms with Gasteiger partial charge in [0, 0.05) is 23.5 Å². The van der Waals surface area contributed by atoms with Crippen molar-refractivity contribution in [2.75, 3.05) is 7.11 Å². The van der Waals surface area contributed by atoms with Crippen molar-refractivity contribution in [2.45, 2.75) is 85.4 Å². The molecule has 0 amide bonds. The number of unbranched alkanes of at least 4 members (excludes halogenated alkanes) is 1. The van der Waals surface area contributed by atoms with Crippen LogP contribution in [0.4, 0.5) is 5.69 Å². The number of carbonyl (C=O) groups excluding carboxylic acids is 2. The predicted molar refractivity (Wildman–Crippen MR) is 140 cm³/mol. The highest BCUT2D eigenvalue weighted by Gasteiger charge is 2.39. The van der Waals surface area contributed by atoms with E-state index in [1.54, 1.807) is 19.9 Å². The summed E-state index contributed by atoms with van der Waals surface area (Å²) >= 11 is 0. The van der Waals surface area contributed by atoms with Gasteiger partial charge < -0.3 is 19.9 Å². The minimum Gasteiger partial charge on any atom is -0.466 e. The molecule has 1 heterocycles. The van der Waals surface area contributed by atoms with Gasteiger partial charge >= 0.3 is 11.9 Å². The fraction of sp³-hybridized carbons (Fsp3) is 0.571. The second-order valence-corrected chi connectivity index (χ2v) is 10.3. The molecule has 0 saturated heterocycles. The average molecular weight is 517 g/mol. The van der Waals surface area contributed by atoms with Gasteiger partial charge in [0.2, 0.25) is 0 Å². The zero-order valence-corrected chi connectivity index (χ0v) is 22.9. The Kier molecular flexibility index (Phi) is 10.9. The number of nitrogens with zero attached hydrogens (tertiary/aromatic N) is 1. The molecule has 1 aromatic carbocycles. The monoisotopic (exact) mass is 516 g/mol. The summed E-state index contributed by atoms with van der Waals surface area (Å²) in [6, 6.07) is 5.91. The number of hydrogen-bond acceptors (Lipinski definition) is 8. The largest absolute Gasteiger partial charge is 0.466 e. The minimum absolute atomic E-state index is 0.0463. The summed E-state index contributed by atoms with van der Waals surface area (Å²) in [6.45, 7) is 11.3. The van der Waals surface area contributed by atoms with Crippen LogP contribution < -0.4 is 5.32 Å². The first-order valence-corrected chi connectivity index (χ1v) is 12.8. The van der Waals surface area contributed by atoms with Crippen molar-refractivity contribution in [3.63, 3.8) is 0 Å². The number of aliphatic hydroxyl groups is 1. The number of nitro benzene ring substituents is 1. The van der Waals surface area contributed by atoms with Gasteiger partial charge in [0.25, 0.3) is 5.69 Å². The first kappa shape index (κ1) is 30.0. The van der Waals surface area contributed by atoms with Crippen LogP contribution in [0.15, 0.2) is 46.8 Å². The van der Waals surface area contributed by atoms with Crippen LogP contribution in [0.1, 0.15) is 78.7 Å². The molecule has 2 N–H and O–H groups in total. The number of ether oxygens (including phenoxy) is 2. The maximum atomic E-state index is 13.7. The fourth-order valence-electron chi connectivity index (χ4n) is 4.56. The van der Waals surface area contributed by atoms with Crippen LogP contribution in [0, 0.1) is 22.0 Å². The van der Waals surface area contributed by atoms with Gasteiger partial charge in [-0.25, -0.2) is 9.59 Å². The lowest BCUT2D eigenvalue weighted by molar-refractivity contribution is -0.384. The quantitative estimate of drug-likeness (QED) is 0.169. The smallest absolute Gasteiger partial charge is 0.337 e. The maximum Gasteiger partial charge on any atom is 0.337 e. The van der Waals surface area contributed by atoms with Gasteiger partial charge in [0.15, 0.2) is 0 Å². The van der Waals surface area contributed by atoms with Crippen LogP contribution in [0.2, 0.25) is 0 Å². The van der Waals surface area contributed by atoms with Crippen molar-refractivity contribution in [1.82, 2.24) is 5.32 Å². The molecule has 0 fully saturated rings. The topological polar surface area (TPSA) is 128 Å². The van der Waals surface area contributed by atoms with Crippen LogP contribution in [0.25, 0.3) is 0 Å². The third kappa shape index (κ3) is 7.64. The molecule has 3 unspecified atom stereocenters. The number of esters is 2. The fourth-order valence-corrected chi connectivity index (χ4v) is 4.56. The number of non-ortho nitro benzene ring substituents is 1. The lowest BCUT2D eigenvalue weighted by Gasteiger charge is -2.31. The summed E-state index contributed by atoms with van der Waals surface area (Å²) in [5.74, 6) is -1.88. The van der Waals surface area contributed by atoms with Crippen LogP contribution in [0.5, 0.6) is 0 Å². The number of dihydropyridines is 1. The molecule has 3 atom stereocenters. The highest BCUT2D eigenvalue weighted by atomic mass is 16.6. The number of carbonyl (C=O) groups is 2. The SMILES string of the molecule is COC(=O)C1=C(C)NC(C)=C(C(=O)OC(CCCCC(O)C(C)C)C(C)C)C1c1cccc([N+](=O)[O-])c1. The van der Waals surface area contributed by atoms with Gasteiger partial charge in [-0.05, 0) is 50.5 Å². The van der Waals surface area contributed by atoms with E-state index in [0.29, 0.717) is 29.8 Å². The van der Waals surface area contributed by atoms with Crippen LogP contribution in [0.3, 0.4) is 0 Å². The molecular formula is C28H40N2O7. The van der Waals surface area contributed by atoms with Crippen molar-refractivity contribution in [2.24, 2.45) is 11.8 Å². The molecule has 37 heavy (non-hydrogen) atoms. The molecule has 1 aliphatic heterocycles. The lowest BCUT2D eigenvalue weighted by Crippen LogP contribution is -2.34. The van der Waals surface area contributed by atoms with Gasteiger partial charge in [-0.1, -0.05) is 46.2 Å². The van der Waals surface area contributed by atoms with E-state index in [9.17, 15) is 24.8 Å². The average Bonchev–Trinajstić information content (AvgIpc) is 2.84. The standard InChI is InChI=1S/C28H40N2O7/c1-16(2)22(31)13-8-9-14-23(17(3)4)37-28(33)25-19(6)29-18(5)24(27(32)36-7)26(25)20-11-10-12-21(15-20)30(34)35/h10-12,15-17,22-23,26,29,31H,8-9,13-14H2,1-7H3. The molecule has 1 aliphatic rings. The Morgan fingerprint density at radius 3 is 2.16 bits per heavy atom. The molecular weight excluding hydrogens is 476 g/mol. The molecule has 0 bridgehead atoms. The summed E-state index contributed by atoms with van der Waals surface area (Å²) < 4.78 is 11.0. The summed E-state index contributed by atoms with van der Waals surface area (Å²) in [4.78, 5) is 37.4. The number of hydrogen-bond donors (Lipinski definition) is 2. The van der Waals surface area contributed by atoms with Crippen molar-refractivity contribution < 1.29 is 29.1 Å². The molecule has 0 aliphatic carbocycles. The van der Waals surface area contributed by atoms with E-state index in [-0.39, 0.29) is 40.9 Å². The minimum atomic E-state index is -0.893. The third-order valence-electron chi connectivity index (χ3n) is 6.81. The zero-order chi connectivity index (χ0) is 27.9. The van der Waals surface area contributed by atoms with Gasteiger partial charge in [0.1, 0.15) is 6.10 Å². The Balaban J connectivity index is 2.38. The van der Waals surface area contributed by atoms with Gasteiger partial charge in [-0.15, -0.1) is 0 Å². The number of allylic oxidation sites excluding steroid dienone is 2. The molecule has 9 nitrogen and oxygen atoms in total. The van der Waals surface area contributed by atoms with Crippen molar-refractivity contribution in [3.8, 4) is 0 Å². The predicted octanol–water partition coefficient (Wildman–Crippen LogP) is 5.15. The summed E-state index contributed by atoms with van der Waals surface area (Å²) in [5, 5.41) is 24.6. The molecule has 0 saturated carbocycles. The van der Waals surface area contributed by atoms with E-state index in [1.807, 2.05) is 27.7 Å². The van der Waals surface area contributed by atoms with Crippen molar-refractivity contribution in [1.29, 1.82) is 0 Å². The van der Waals surface area contributed by atoms with Gasteiger partial charge in [-0.3, -0.25) is 10.1 Å².